The van der Waals surface area contributed by atoms with E-state index in [4.69, 9.17) is 16.6 Å². The average molecular weight is 603 g/mol. The molecular formula is C25H22ClF3N10OS. The number of hydrogen-bond acceptors (Lipinski definition) is 9. The molecule has 0 bridgehead atoms. The molecule has 6 heterocycles. The number of pyridine rings is 1. The first-order chi connectivity index (χ1) is 19.6. The van der Waals surface area contributed by atoms with Crippen LogP contribution in [0.2, 0.25) is 5.02 Å². The van der Waals surface area contributed by atoms with Crippen molar-refractivity contribution >= 4 is 57.3 Å². The zero-order chi connectivity index (χ0) is 28.9. The highest BCUT2D eigenvalue weighted by atomic mass is 35.5. The molecule has 0 atom stereocenters. The number of hydrogen-bond donors (Lipinski definition) is 2. The minimum atomic E-state index is -4.72. The molecule has 0 saturated carbocycles. The van der Waals surface area contributed by atoms with Gasteiger partial charge >= 0.3 is 6.18 Å². The largest absolute Gasteiger partial charge is 0.435 e. The third-order valence-corrected chi connectivity index (χ3v) is 7.88. The Morgan fingerprint density at radius 2 is 2.00 bits per heavy atom. The van der Waals surface area contributed by atoms with Crippen LogP contribution in [0, 0.1) is 5.92 Å². The number of aryl methyl sites for hydroxylation is 2. The number of nitrogens with one attached hydrogen (secondary N) is 2. The lowest BCUT2D eigenvalue weighted by Gasteiger charge is -2.40. The van der Waals surface area contributed by atoms with Gasteiger partial charge in [0.25, 0.3) is 5.91 Å². The first-order valence-electron chi connectivity index (χ1n) is 12.6. The Morgan fingerprint density at radius 3 is 2.76 bits per heavy atom. The lowest BCUT2D eigenvalue weighted by atomic mass is 9.99. The molecule has 41 heavy (non-hydrogen) atoms. The zero-order valence-electron chi connectivity index (χ0n) is 21.7. The first kappa shape index (κ1) is 27.2. The van der Waals surface area contributed by atoms with Crippen molar-refractivity contribution in [1.82, 2.24) is 45.0 Å². The van der Waals surface area contributed by atoms with E-state index in [1.165, 1.54) is 18.8 Å². The van der Waals surface area contributed by atoms with E-state index in [0.717, 1.165) is 21.5 Å². The second kappa shape index (κ2) is 10.4. The molecule has 6 rings (SSSR count). The lowest BCUT2D eigenvalue weighted by Crippen LogP contribution is -2.52. The molecular weight excluding hydrogens is 581 g/mol. The fourth-order valence-electron chi connectivity index (χ4n) is 4.66. The van der Waals surface area contributed by atoms with Crippen LogP contribution in [0.1, 0.15) is 28.7 Å². The smallest absolute Gasteiger partial charge is 0.355 e. The Balaban J connectivity index is 1.20. The van der Waals surface area contributed by atoms with E-state index in [0.29, 0.717) is 57.7 Å². The van der Waals surface area contributed by atoms with Crippen LogP contribution in [0.5, 0.6) is 0 Å². The number of carbonyl (C=O) groups is 1. The maximum Gasteiger partial charge on any atom is 0.435 e. The summed E-state index contributed by atoms with van der Waals surface area (Å²) >= 11 is 8.02. The van der Waals surface area contributed by atoms with Gasteiger partial charge in [0, 0.05) is 68.0 Å². The molecule has 0 spiro atoms. The van der Waals surface area contributed by atoms with Gasteiger partial charge in [-0.2, -0.15) is 18.3 Å². The summed E-state index contributed by atoms with van der Waals surface area (Å²) in [6, 6.07) is 1.86. The minimum absolute atomic E-state index is 0.00213. The molecule has 0 aliphatic carbocycles. The number of amides is 1. The molecule has 0 aromatic carbocycles. The van der Waals surface area contributed by atoms with Crippen LogP contribution in [0.4, 0.5) is 19.0 Å². The number of alkyl halides is 3. The number of aromatic nitrogens is 8. The van der Waals surface area contributed by atoms with Crippen molar-refractivity contribution in [1.29, 1.82) is 0 Å². The van der Waals surface area contributed by atoms with Crippen LogP contribution >= 0.6 is 23.4 Å². The summed E-state index contributed by atoms with van der Waals surface area (Å²) < 4.78 is 40.8. The molecule has 2 N–H and O–H groups in total. The van der Waals surface area contributed by atoms with Gasteiger partial charge in [0.15, 0.2) is 16.5 Å². The van der Waals surface area contributed by atoms with E-state index in [1.54, 1.807) is 18.6 Å². The monoisotopic (exact) mass is 602 g/mol. The summed E-state index contributed by atoms with van der Waals surface area (Å²) in [5, 5.41) is 7.73. The molecule has 212 valence electrons. The van der Waals surface area contributed by atoms with Crippen molar-refractivity contribution in [2.45, 2.75) is 29.6 Å². The van der Waals surface area contributed by atoms with Crippen LogP contribution in [0.15, 0.2) is 40.9 Å². The third-order valence-electron chi connectivity index (χ3n) is 6.64. The Bertz CT molecular complexity index is 1780. The lowest BCUT2D eigenvalue weighted by molar-refractivity contribution is -0.141. The predicted octanol–water partition coefficient (Wildman–Crippen LogP) is 4.28. The van der Waals surface area contributed by atoms with Gasteiger partial charge in [-0.1, -0.05) is 18.5 Å². The Labute approximate surface area is 239 Å². The van der Waals surface area contributed by atoms with Crippen molar-refractivity contribution in [3.8, 4) is 0 Å². The van der Waals surface area contributed by atoms with Crippen molar-refractivity contribution in [3.05, 3.63) is 52.8 Å². The molecule has 1 amide bonds. The number of halogens is 4. The Morgan fingerprint density at radius 1 is 1.22 bits per heavy atom. The van der Waals surface area contributed by atoms with Gasteiger partial charge in [-0.3, -0.25) is 14.5 Å². The number of aromatic amines is 1. The number of H-pyrrole nitrogens is 1. The number of fused-ring (bicyclic) bond motifs is 2. The normalized spacial score (nSPS) is 14.1. The highest BCUT2D eigenvalue weighted by Gasteiger charge is 2.39. The third kappa shape index (κ3) is 5.26. The Hall–Kier alpha value is -3.98. The van der Waals surface area contributed by atoms with Gasteiger partial charge < -0.3 is 15.2 Å². The molecule has 5 aromatic heterocycles. The van der Waals surface area contributed by atoms with E-state index in [9.17, 15) is 18.0 Å². The number of anilines is 1. The van der Waals surface area contributed by atoms with Crippen molar-refractivity contribution in [2.75, 3.05) is 24.5 Å². The van der Waals surface area contributed by atoms with Gasteiger partial charge in [0.2, 0.25) is 0 Å². The second-order valence-corrected chi connectivity index (χ2v) is 11.0. The second-order valence-electron chi connectivity index (χ2n) is 9.54. The van der Waals surface area contributed by atoms with E-state index < -0.39 is 23.3 Å². The molecule has 5 aromatic rings. The molecule has 1 fully saturated rings. The number of nitrogens with zero attached hydrogens (tertiary/aromatic N) is 8. The quantitative estimate of drug-likeness (QED) is 0.262. The Kier molecular flexibility index (Phi) is 6.93. The topological polar surface area (TPSA) is 130 Å². The maximum absolute atomic E-state index is 13.3. The predicted molar refractivity (Wildman–Crippen MR) is 146 cm³/mol. The summed E-state index contributed by atoms with van der Waals surface area (Å²) in [4.78, 5) is 41.0. The maximum atomic E-state index is 13.3. The highest BCUT2D eigenvalue weighted by Crippen LogP contribution is 2.39. The average Bonchev–Trinajstić information content (AvgIpc) is 3.47. The molecule has 0 unspecified atom stereocenters. The van der Waals surface area contributed by atoms with E-state index in [-0.39, 0.29) is 12.5 Å². The van der Waals surface area contributed by atoms with Crippen LogP contribution in [-0.2, 0) is 19.6 Å². The van der Waals surface area contributed by atoms with E-state index >= 15 is 0 Å². The zero-order valence-corrected chi connectivity index (χ0v) is 23.3. The summed E-state index contributed by atoms with van der Waals surface area (Å²) in [7, 11) is 1.34. The fraction of sp³-hybridized carbons (Fsp3) is 0.320. The van der Waals surface area contributed by atoms with Gasteiger partial charge in [-0.25, -0.2) is 19.9 Å². The number of carbonyl (C=O) groups excluding carboxylic acids is 1. The molecule has 1 saturated heterocycles. The summed E-state index contributed by atoms with van der Waals surface area (Å²) in [5.41, 5.74) is 0.911. The standard InChI is InChI=1S/C25H22ClF3N10OS/c1-3-15-18(26)17-21(34-15)35-24(41-13-6-16-20(32-8-13)31-5-4-30-16)36-22(17)39-9-12(10-39)7-33-23(40)14-11-38(2)37-19(14)25(27,28)29/h4-6,8,11-12H,3,7,9-10H2,1-2H3,(H,33,40)(H,34,35,36). The van der Waals surface area contributed by atoms with Crippen LogP contribution < -0.4 is 10.2 Å². The van der Waals surface area contributed by atoms with Gasteiger partial charge in [-0.15, -0.1) is 0 Å². The molecule has 1 aliphatic rings. The highest BCUT2D eigenvalue weighted by molar-refractivity contribution is 7.99. The van der Waals surface area contributed by atoms with Crippen LogP contribution in [0.3, 0.4) is 0 Å². The minimum Gasteiger partial charge on any atom is -0.355 e. The SMILES string of the molecule is CCc1[nH]c2nc(Sc3cnc4nccnc4c3)nc(N3CC(CNC(=O)c4cn(C)nc4C(F)(F)F)C3)c2c1Cl. The summed E-state index contributed by atoms with van der Waals surface area (Å²) in [6.07, 6.45) is 1.88. The van der Waals surface area contributed by atoms with Crippen molar-refractivity contribution < 1.29 is 18.0 Å². The van der Waals surface area contributed by atoms with Crippen molar-refractivity contribution in [3.63, 3.8) is 0 Å². The molecule has 0 radical (unpaired) electrons. The molecule has 1 aliphatic heterocycles. The summed E-state index contributed by atoms with van der Waals surface area (Å²) in [5.74, 6) is -0.180. The summed E-state index contributed by atoms with van der Waals surface area (Å²) in [6.45, 7) is 3.22. The van der Waals surface area contributed by atoms with Gasteiger partial charge in [-0.05, 0) is 24.2 Å². The van der Waals surface area contributed by atoms with E-state index in [1.807, 2.05) is 17.9 Å². The van der Waals surface area contributed by atoms with E-state index in [2.05, 4.69) is 35.3 Å². The van der Waals surface area contributed by atoms with Gasteiger partial charge in [0.1, 0.15) is 17.0 Å². The number of rotatable bonds is 7. The first-order valence-corrected chi connectivity index (χ1v) is 13.8. The molecule has 16 heteroatoms. The van der Waals surface area contributed by atoms with Gasteiger partial charge in [0.05, 0.1) is 16.0 Å². The van der Waals surface area contributed by atoms with Crippen LogP contribution in [-0.4, -0.2) is 65.2 Å². The van der Waals surface area contributed by atoms with Crippen molar-refractivity contribution in [2.24, 2.45) is 13.0 Å². The van der Waals surface area contributed by atoms with Crippen LogP contribution in [0.25, 0.3) is 22.2 Å². The molecule has 11 nitrogen and oxygen atoms in total. The fourth-order valence-corrected chi connectivity index (χ4v) is 5.77.